The third-order valence-electron chi connectivity index (χ3n) is 8.56. The molecule has 3 saturated heterocycles. The van der Waals surface area contributed by atoms with Gasteiger partial charge in [0.1, 0.15) is 0 Å². The minimum atomic E-state index is -0.636. The summed E-state index contributed by atoms with van der Waals surface area (Å²) in [6.07, 6.45) is 8.16. The molecule has 5 rings (SSSR count). The zero-order valence-electron chi connectivity index (χ0n) is 23.8. The molecule has 0 bridgehead atoms. The first-order chi connectivity index (χ1) is 18.8. The van der Waals surface area contributed by atoms with Gasteiger partial charge in [0, 0.05) is 62.1 Å². The largest absolute Gasteiger partial charge is 0.446 e. The van der Waals surface area contributed by atoms with E-state index in [1.54, 1.807) is 0 Å². The molecule has 3 aliphatic rings. The van der Waals surface area contributed by atoms with Gasteiger partial charge in [0.15, 0.2) is 0 Å². The molecule has 0 radical (unpaired) electrons. The first kappa shape index (κ1) is 28.3. The van der Waals surface area contributed by atoms with Crippen molar-refractivity contribution in [2.75, 3.05) is 39.3 Å². The quantitative estimate of drug-likeness (QED) is 0.365. The van der Waals surface area contributed by atoms with Crippen LogP contribution in [0.5, 0.6) is 5.88 Å². The number of benzene rings is 1. The van der Waals surface area contributed by atoms with Gasteiger partial charge >= 0.3 is 0 Å². The Kier molecular flexibility index (Phi) is 9.09. The van der Waals surface area contributed by atoms with E-state index in [4.69, 9.17) is 9.47 Å². The fourth-order valence-corrected chi connectivity index (χ4v) is 6.42. The molecule has 3 aliphatic heterocycles. The average molecular weight is 539 g/mol. The number of nitrogens with one attached hydrogen (secondary N) is 2. The molecule has 0 saturated carbocycles. The number of hydrogen-bond acceptors (Lipinski definition) is 7. The number of rotatable bonds is 10. The fourth-order valence-electron chi connectivity index (χ4n) is 6.42. The second kappa shape index (κ2) is 12.5. The number of likely N-dealkylation sites (tertiary alicyclic amines) is 1. The molecule has 1 aromatic carbocycles. The number of hydrogen-bond donors (Lipinski definition) is 4. The average Bonchev–Trinajstić information content (AvgIpc) is 3.29. The second-order valence-electron chi connectivity index (χ2n) is 12.2. The number of H-pyrrole nitrogens is 1. The minimum Gasteiger partial charge on any atom is -0.446 e. The van der Waals surface area contributed by atoms with Crippen LogP contribution < -0.4 is 10.1 Å². The van der Waals surface area contributed by atoms with Crippen molar-refractivity contribution in [3.05, 3.63) is 52.2 Å². The summed E-state index contributed by atoms with van der Waals surface area (Å²) in [6.45, 7) is 12.3. The molecule has 1 aromatic heterocycles. The van der Waals surface area contributed by atoms with Crippen molar-refractivity contribution in [1.82, 2.24) is 20.4 Å². The second-order valence-corrected chi connectivity index (χ2v) is 12.2. The molecule has 3 atom stereocenters. The first-order valence-electron chi connectivity index (χ1n) is 14.7. The number of aryl methyl sites for hydroxylation is 1. The van der Waals surface area contributed by atoms with Crippen LogP contribution in [0.3, 0.4) is 0 Å². The number of aromatic amines is 1. The van der Waals surface area contributed by atoms with Crippen molar-refractivity contribution in [2.45, 2.75) is 83.7 Å². The van der Waals surface area contributed by atoms with Gasteiger partial charge in [-0.2, -0.15) is 0 Å². The molecular formula is C31H46N4O4. The van der Waals surface area contributed by atoms with Crippen molar-refractivity contribution < 1.29 is 19.7 Å². The number of ether oxygens (including phenoxy) is 2. The normalized spacial score (nSPS) is 25.4. The number of piperidine rings is 1. The molecule has 39 heavy (non-hydrogen) atoms. The molecule has 0 amide bonds. The van der Waals surface area contributed by atoms with Gasteiger partial charge in [0.25, 0.3) is 0 Å². The van der Waals surface area contributed by atoms with E-state index in [9.17, 15) is 10.2 Å². The number of nitrogens with zero attached hydrogens (tertiary/aromatic N) is 2. The van der Waals surface area contributed by atoms with E-state index >= 15 is 0 Å². The topological polar surface area (TPSA) is 103 Å². The monoisotopic (exact) mass is 538 g/mol. The summed E-state index contributed by atoms with van der Waals surface area (Å²) in [6, 6.07) is 6.64. The smallest absolute Gasteiger partial charge is 0.238 e. The van der Waals surface area contributed by atoms with E-state index in [2.05, 4.69) is 71.5 Å². The third kappa shape index (κ3) is 6.92. The van der Waals surface area contributed by atoms with Gasteiger partial charge in [-0.3, -0.25) is 5.10 Å². The Morgan fingerprint density at radius 1 is 1.28 bits per heavy atom. The Labute approximate surface area is 232 Å². The summed E-state index contributed by atoms with van der Waals surface area (Å²) >= 11 is 0. The Balaban J connectivity index is 1.18. The SMILES string of the molecule is Cc1cc(/C=C/CCN2CC3(CCCNC3)C2)ccc1Cc1c(OC2CC(O)CC(CO)O2)n[nH]c1C(C)C. The zero-order chi connectivity index (χ0) is 27.4. The van der Waals surface area contributed by atoms with E-state index in [-0.39, 0.29) is 12.5 Å². The number of aromatic nitrogens is 2. The van der Waals surface area contributed by atoms with Crippen LogP contribution in [0.4, 0.5) is 0 Å². The van der Waals surface area contributed by atoms with Gasteiger partial charge < -0.3 is 29.9 Å². The standard InChI is InChI=1S/C31H46N4O4/c1-21(2)29-27(30(34-33-29)39-28-16-25(37)15-26(17-36)38-28)14-24-9-8-23(13-22(24)3)7-4-5-12-35-19-31(20-35)10-6-11-32-18-31/h4,7-9,13,21,25-26,28,32,36-37H,5-6,10-12,14-20H2,1-3H3,(H,33,34)/b7-4+. The molecule has 4 heterocycles. The van der Waals surface area contributed by atoms with Gasteiger partial charge in [-0.15, -0.1) is 5.10 Å². The lowest BCUT2D eigenvalue weighted by Crippen LogP contribution is -2.62. The van der Waals surface area contributed by atoms with Crippen molar-refractivity contribution in [3.8, 4) is 5.88 Å². The Morgan fingerprint density at radius 2 is 2.13 bits per heavy atom. The van der Waals surface area contributed by atoms with Crippen molar-refractivity contribution in [3.63, 3.8) is 0 Å². The van der Waals surface area contributed by atoms with Gasteiger partial charge in [-0.05, 0) is 55.3 Å². The molecule has 2 aromatic rings. The molecule has 3 fully saturated rings. The number of aliphatic hydroxyl groups is 2. The Bertz CT molecular complexity index is 1120. The summed E-state index contributed by atoms with van der Waals surface area (Å²) in [7, 11) is 0. The summed E-state index contributed by atoms with van der Waals surface area (Å²) in [5.41, 5.74) is 6.29. The van der Waals surface area contributed by atoms with Crippen LogP contribution in [-0.2, 0) is 11.2 Å². The molecule has 1 spiro atoms. The predicted octanol–water partition coefficient (Wildman–Crippen LogP) is 3.76. The highest BCUT2D eigenvalue weighted by atomic mass is 16.7. The Morgan fingerprint density at radius 3 is 2.85 bits per heavy atom. The summed E-state index contributed by atoms with van der Waals surface area (Å²) in [5, 5.41) is 30.9. The van der Waals surface area contributed by atoms with E-state index in [0.717, 1.165) is 24.2 Å². The molecule has 4 N–H and O–H groups in total. The maximum absolute atomic E-state index is 10.2. The van der Waals surface area contributed by atoms with Crippen molar-refractivity contribution in [2.24, 2.45) is 5.41 Å². The summed E-state index contributed by atoms with van der Waals surface area (Å²) in [5.74, 6) is 0.765. The lowest BCUT2D eigenvalue weighted by Gasteiger charge is -2.52. The summed E-state index contributed by atoms with van der Waals surface area (Å²) < 4.78 is 12.0. The van der Waals surface area contributed by atoms with E-state index < -0.39 is 18.5 Å². The maximum Gasteiger partial charge on any atom is 0.238 e. The van der Waals surface area contributed by atoms with Crippen LogP contribution in [0.25, 0.3) is 6.08 Å². The highest BCUT2D eigenvalue weighted by Gasteiger charge is 2.42. The van der Waals surface area contributed by atoms with Crippen LogP contribution in [-0.4, -0.2) is 83.1 Å². The van der Waals surface area contributed by atoms with Gasteiger partial charge in [-0.25, -0.2) is 0 Å². The van der Waals surface area contributed by atoms with Crippen LogP contribution >= 0.6 is 0 Å². The van der Waals surface area contributed by atoms with Gasteiger partial charge in [-0.1, -0.05) is 44.2 Å². The van der Waals surface area contributed by atoms with Crippen molar-refractivity contribution in [1.29, 1.82) is 0 Å². The van der Waals surface area contributed by atoms with Gasteiger partial charge in [0.05, 0.1) is 18.8 Å². The van der Waals surface area contributed by atoms with Crippen LogP contribution in [0, 0.1) is 12.3 Å². The van der Waals surface area contributed by atoms with Crippen LogP contribution in [0.2, 0.25) is 0 Å². The minimum absolute atomic E-state index is 0.141. The molecule has 8 nitrogen and oxygen atoms in total. The summed E-state index contributed by atoms with van der Waals surface area (Å²) in [4.78, 5) is 2.59. The molecule has 214 valence electrons. The molecule has 8 heteroatoms. The van der Waals surface area contributed by atoms with Crippen molar-refractivity contribution >= 4 is 6.08 Å². The van der Waals surface area contributed by atoms with E-state index in [0.29, 0.717) is 30.6 Å². The first-order valence-corrected chi connectivity index (χ1v) is 14.7. The maximum atomic E-state index is 10.2. The van der Waals surface area contributed by atoms with Crippen LogP contribution in [0.1, 0.15) is 79.8 Å². The molecule has 3 unspecified atom stereocenters. The van der Waals surface area contributed by atoms with E-state index in [1.807, 2.05) is 0 Å². The third-order valence-corrected chi connectivity index (χ3v) is 8.56. The van der Waals surface area contributed by atoms with Gasteiger partial charge in [0.2, 0.25) is 12.2 Å². The zero-order valence-corrected chi connectivity index (χ0v) is 23.8. The highest BCUT2D eigenvalue weighted by molar-refractivity contribution is 5.52. The number of aliphatic hydroxyl groups excluding tert-OH is 2. The van der Waals surface area contributed by atoms with E-state index in [1.165, 1.54) is 55.7 Å². The van der Waals surface area contributed by atoms with Crippen LogP contribution in [0.15, 0.2) is 24.3 Å². The molecular weight excluding hydrogens is 492 g/mol. The Hall–Kier alpha value is -2.23. The fraction of sp³-hybridized carbons (Fsp3) is 0.645. The highest BCUT2D eigenvalue weighted by Crippen LogP contribution is 2.36. The molecule has 0 aliphatic carbocycles. The predicted molar refractivity (Wildman–Crippen MR) is 153 cm³/mol. The lowest BCUT2D eigenvalue weighted by molar-refractivity contribution is -0.186. The lowest BCUT2D eigenvalue weighted by atomic mass is 9.74.